The van der Waals surface area contributed by atoms with Gasteiger partial charge in [-0.3, -0.25) is 0 Å². The van der Waals surface area contributed by atoms with E-state index >= 15 is 0 Å². The van der Waals surface area contributed by atoms with Crippen LogP contribution in [-0.4, -0.2) is 27.4 Å². The standard InChI is InChI=1S/C16H12N.C10H18O2.Ir/c1-12-6-5-9-14-11-17-16(10-15(12)14)13-7-3-2-4-8-13;11-8-4-2-1-3-7-5-6-9(12)10(7)8;/h2-7,9-11H,1H3;7-12H,1-6H2;/q-1;;. The Morgan fingerprint density at radius 2 is 1.73 bits per heavy atom. The molecule has 1 heterocycles. The summed E-state index contributed by atoms with van der Waals surface area (Å²) >= 11 is 0. The topological polar surface area (TPSA) is 53.4 Å². The van der Waals surface area contributed by atoms with Crippen LogP contribution < -0.4 is 0 Å². The monoisotopic (exact) mass is 581 g/mol. The van der Waals surface area contributed by atoms with E-state index in [1.165, 1.54) is 29.2 Å². The van der Waals surface area contributed by atoms with Crippen LogP contribution in [0.15, 0.2) is 54.7 Å². The molecule has 0 aliphatic heterocycles. The minimum atomic E-state index is -0.227. The first kappa shape index (κ1) is 23.1. The molecule has 0 amide bonds. The van der Waals surface area contributed by atoms with Crippen LogP contribution in [0.2, 0.25) is 0 Å². The Morgan fingerprint density at radius 3 is 2.53 bits per heavy atom. The molecule has 2 aliphatic carbocycles. The van der Waals surface area contributed by atoms with Crippen molar-refractivity contribution in [2.24, 2.45) is 11.8 Å². The minimum absolute atomic E-state index is 0. The fourth-order valence-electron chi connectivity index (χ4n) is 4.97. The number of benzene rings is 2. The number of fused-ring (bicyclic) bond motifs is 2. The summed E-state index contributed by atoms with van der Waals surface area (Å²) < 4.78 is 0. The fourth-order valence-corrected chi connectivity index (χ4v) is 4.97. The quantitative estimate of drug-likeness (QED) is 0.384. The van der Waals surface area contributed by atoms with Crippen molar-refractivity contribution in [2.75, 3.05) is 0 Å². The van der Waals surface area contributed by atoms with E-state index < -0.39 is 0 Å². The van der Waals surface area contributed by atoms with Gasteiger partial charge in [-0.05, 0) is 60.6 Å². The number of nitrogens with zero attached hydrogens (tertiary/aromatic N) is 1. The summed E-state index contributed by atoms with van der Waals surface area (Å²) in [6.07, 6.45) is 8.02. The summed E-state index contributed by atoms with van der Waals surface area (Å²) in [5.41, 5.74) is 3.30. The van der Waals surface area contributed by atoms with Gasteiger partial charge in [0.05, 0.1) is 12.2 Å². The molecule has 1 aromatic heterocycles. The Morgan fingerprint density at radius 1 is 0.933 bits per heavy atom. The largest absolute Gasteiger partial charge is 0.393 e. The molecular weight excluding hydrogens is 551 g/mol. The maximum Gasteiger partial charge on any atom is 0.0595 e. The molecule has 3 aromatic rings. The molecule has 2 N–H and O–H groups in total. The van der Waals surface area contributed by atoms with Gasteiger partial charge >= 0.3 is 0 Å². The average Bonchev–Trinajstić information content (AvgIpc) is 3.01. The van der Waals surface area contributed by atoms with Gasteiger partial charge in [-0.2, -0.15) is 0 Å². The van der Waals surface area contributed by atoms with Crippen molar-refractivity contribution in [3.63, 3.8) is 0 Å². The van der Waals surface area contributed by atoms with Crippen molar-refractivity contribution < 1.29 is 30.3 Å². The number of aromatic nitrogens is 1. The molecule has 30 heavy (non-hydrogen) atoms. The first-order chi connectivity index (χ1) is 14.1. The molecular formula is C26H30IrNO2-. The number of hydrogen-bond donors (Lipinski definition) is 2. The van der Waals surface area contributed by atoms with Crippen molar-refractivity contribution in [3.8, 4) is 11.3 Å². The molecule has 0 spiro atoms. The molecule has 3 nitrogen and oxygen atoms in total. The van der Waals surface area contributed by atoms with Crippen LogP contribution in [0, 0.1) is 24.8 Å². The number of hydrogen-bond acceptors (Lipinski definition) is 3. The van der Waals surface area contributed by atoms with E-state index in [0.717, 1.165) is 36.9 Å². The molecule has 5 rings (SSSR count). The van der Waals surface area contributed by atoms with Crippen LogP contribution in [0.1, 0.15) is 44.1 Å². The molecule has 2 saturated carbocycles. The fraction of sp³-hybridized carbons (Fsp3) is 0.423. The first-order valence-corrected chi connectivity index (χ1v) is 10.8. The van der Waals surface area contributed by atoms with Crippen molar-refractivity contribution in [1.29, 1.82) is 0 Å². The second kappa shape index (κ2) is 10.6. The van der Waals surface area contributed by atoms with Crippen molar-refractivity contribution in [2.45, 2.75) is 57.7 Å². The number of rotatable bonds is 1. The van der Waals surface area contributed by atoms with Gasteiger partial charge in [-0.25, -0.2) is 0 Å². The van der Waals surface area contributed by atoms with Gasteiger partial charge in [-0.1, -0.05) is 37.1 Å². The molecule has 0 bridgehead atoms. The summed E-state index contributed by atoms with van der Waals surface area (Å²) in [7, 11) is 0. The van der Waals surface area contributed by atoms with Gasteiger partial charge in [0, 0.05) is 32.2 Å². The van der Waals surface area contributed by atoms with Crippen molar-refractivity contribution in [1.82, 2.24) is 4.98 Å². The van der Waals surface area contributed by atoms with Crippen LogP contribution in [0.4, 0.5) is 0 Å². The zero-order valence-electron chi connectivity index (χ0n) is 17.4. The van der Waals surface area contributed by atoms with E-state index in [-0.39, 0.29) is 38.2 Å². The molecule has 2 fully saturated rings. The van der Waals surface area contributed by atoms with Gasteiger partial charge in [0.25, 0.3) is 0 Å². The second-order valence-corrected chi connectivity index (χ2v) is 8.48. The Balaban J connectivity index is 0.000000175. The number of pyridine rings is 1. The van der Waals surface area contributed by atoms with Crippen molar-refractivity contribution >= 4 is 10.8 Å². The van der Waals surface area contributed by atoms with Crippen LogP contribution in [0.25, 0.3) is 22.0 Å². The number of aryl methyl sites for hydroxylation is 1. The van der Waals surface area contributed by atoms with Gasteiger partial charge in [0.1, 0.15) is 0 Å². The number of aliphatic hydroxyl groups is 2. The Hall–Kier alpha value is -1.58. The molecule has 2 aromatic carbocycles. The smallest absolute Gasteiger partial charge is 0.0595 e. The van der Waals surface area contributed by atoms with E-state index in [1.54, 1.807) is 0 Å². The zero-order chi connectivity index (χ0) is 20.2. The normalized spacial score (nSPS) is 25.4. The molecule has 4 heteroatoms. The van der Waals surface area contributed by atoms with E-state index in [1.807, 2.05) is 30.5 Å². The van der Waals surface area contributed by atoms with E-state index in [0.29, 0.717) is 5.92 Å². The van der Waals surface area contributed by atoms with Gasteiger partial charge < -0.3 is 15.2 Å². The third kappa shape index (κ3) is 5.18. The molecule has 1 radical (unpaired) electrons. The predicted molar refractivity (Wildman–Crippen MR) is 117 cm³/mol. The van der Waals surface area contributed by atoms with E-state index in [9.17, 15) is 10.2 Å². The summed E-state index contributed by atoms with van der Waals surface area (Å²) in [5, 5.41) is 21.9. The van der Waals surface area contributed by atoms with Crippen LogP contribution >= 0.6 is 0 Å². The van der Waals surface area contributed by atoms with Gasteiger partial charge in [0.15, 0.2) is 0 Å². The summed E-state index contributed by atoms with van der Waals surface area (Å²) in [4.78, 5) is 4.49. The molecule has 0 saturated heterocycles. The first-order valence-electron chi connectivity index (χ1n) is 10.8. The Labute approximate surface area is 192 Å². The zero-order valence-corrected chi connectivity index (χ0v) is 19.8. The van der Waals surface area contributed by atoms with Gasteiger partial charge in [0.2, 0.25) is 0 Å². The van der Waals surface area contributed by atoms with Crippen LogP contribution in [0.5, 0.6) is 0 Å². The third-order valence-electron chi connectivity index (χ3n) is 6.56. The van der Waals surface area contributed by atoms with E-state index in [2.05, 4.69) is 42.2 Å². The van der Waals surface area contributed by atoms with Crippen LogP contribution in [0.3, 0.4) is 0 Å². The molecule has 2 aliphatic rings. The van der Waals surface area contributed by atoms with Crippen LogP contribution in [-0.2, 0) is 20.1 Å². The summed E-state index contributed by atoms with van der Waals surface area (Å²) in [5.74, 6) is 0.810. The third-order valence-corrected chi connectivity index (χ3v) is 6.56. The molecule has 4 unspecified atom stereocenters. The molecule has 161 valence electrons. The van der Waals surface area contributed by atoms with Gasteiger partial charge in [-0.15, -0.1) is 35.9 Å². The van der Waals surface area contributed by atoms with Crippen molar-refractivity contribution in [3.05, 3.63) is 66.4 Å². The minimum Gasteiger partial charge on any atom is -0.393 e. The average molecular weight is 581 g/mol. The Bertz CT molecular complexity index is 946. The Kier molecular flexibility index (Phi) is 8.19. The summed E-state index contributed by atoms with van der Waals surface area (Å²) in [6, 6.07) is 19.5. The number of aliphatic hydroxyl groups excluding tert-OH is 2. The van der Waals surface area contributed by atoms with E-state index in [4.69, 9.17) is 0 Å². The molecule has 4 atom stereocenters. The summed E-state index contributed by atoms with van der Waals surface area (Å²) in [6.45, 7) is 2.13. The maximum absolute atomic E-state index is 9.77. The maximum atomic E-state index is 9.77. The SMILES string of the molecule is Cc1cccc2cnc(-c3[c-]cccc3)cc12.OC1CCCCC2CCC(O)C12.[Ir]. The predicted octanol–water partition coefficient (Wildman–Crippen LogP) is 5.32. The second-order valence-electron chi connectivity index (χ2n) is 8.48.